The summed E-state index contributed by atoms with van der Waals surface area (Å²) in [5.41, 5.74) is 10.5. The number of aromatic nitrogens is 2. The Morgan fingerprint density at radius 2 is 1.91 bits per heavy atom. The van der Waals surface area contributed by atoms with Crippen LogP contribution in [0.3, 0.4) is 0 Å². The molecular weight excluding hydrogens is 623 g/mol. The molecule has 0 aliphatic carbocycles. The van der Waals surface area contributed by atoms with Gasteiger partial charge in [-0.1, -0.05) is 59.2 Å². The van der Waals surface area contributed by atoms with E-state index in [4.69, 9.17) is 33.9 Å². The molecule has 8 nitrogen and oxygen atoms in total. The molecule has 2 aromatic carbocycles. The van der Waals surface area contributed by atoms with Crippen molar-refractivity contribution in [3.8, 4) is 11.3 Å². The number of carbonyl (C=O) groups excluding carboxylic acids is 2. The third kappa shape index (κ3) is 9.25. The number of amides is 2. The molecule has 0 bridgehead atoms. The van der Waals surface area contributed by atoms with Crippen LogP contribution in [0, 0.1) is 0 Å². The van der Waals surface area contributed by atoms with Crippen LogP contribution >= 0.6 is 46.3 Å². The molecule has 1 atom stereocenters. The number of benzene rings is 2. The van der Waals surface area contributed by atoms with Gasteiger partial charge in [0.15, 0.2) is 4.34 Å². The molecule has 0 spiro atoms. The second-order valence-electron chi connectivity index (χ2n) is 10.4. The molecule has 224 valence electrons. The molecule has 43 heavy (non-hydrogen) atoms. The van der Waals surface area contributed by atoms with Crippen LogP contribution in [0.15, 0.2) is 76.7 Å². The van der Waals surface area contributed by atoms with Crippen molar-refractivity contribution in [3.05, 3.63) is 93.5 Å². The summed E-state index contributed by atoms with van der Waals surface area (Å²) in [6.45, 7) is 2.63. The molecular formula is C31H32Cl2N6O2S2. The number of anilines is 1. The fourth-order valence-electron chi connectivity index (χ4n) is 4.84. The van der Waals surface area contributed by atoms with Gasteiger partial charge < -0.3 is 16.4 Å². The van der Waals surface area contributed by atoms with Crippen LogP contribution in [-0.4, -0.2) is 57.6 Å². The summed E-state index contributed by atoms with van der Waals surface area (Å²) in [7, 11) is 0. The highest BCUT2D eigenvalue weighted by molar-refractivity contribution is 8.01. The van der Waals surface area contributed by atoms with Gasteiger partial charge >= 0.3 is 0 Å². The lowest BCUT2D eigenvalue weighted by molar-refractivity contribution is -0.119. The van der Waals surface area contributed by atoms with E-state index in [1.165, 1.54) is 23.1 Å². The Bertz CT molecular complexity index is 1550. The van der Waals surface area contributed by atoms with Crippen LogP contribution in [0.1, 0.15) is 24.0 Å². The largest absolute Gasteiger partial charge is 0.353 e. The summed E-state index contributed by atoms with van der Waals surface area (Å²) >= 11 is 15.1. The van der Waals surface area contributed by atoms with E-state index in [-0.39, 0.29) is 17.9 Å². The first-order valence-corrected chi connectivity index (χ1v) is 16.5. The summed E-state index contributed by atoms with van der Waals surface area (Å²) in [6, 6.07) is 16.4. The average Bonchev–Trinajstić information content (AvgIpc) is 3.49. The first-order chi connectivity index (χ1) is 20.8. The van der Waals surface area contributed by atoms with Crippen molar-refractivity contribution >= 4 is 63.8 Å². The predicted molar refractivity (Wildman–Crippen MR) is 176 cm³/mol. The van der Waals surface area contributed by atoms with Crippen molar-refractivity contribution in [2.24, 2.45) is 5.73 Å². The molecule has 0 radical (unpaired) electrons. The third-order valence-electron chi connectivity index (χ3n) is 7.09. The van der Waals surface area contributed by atoms with Crippen LogP contribution in [0.4, 0.5) is 5.69 Å². The predicted octanol–water partition coefficient (Wildman–Crippen LogP) is 5.89. The number of nitrogens with two attached hydrogens (primary N) is 1. The number of thiazole rings is 1. The van der Waals surface area contributed by atoms with Gasteiger partial charge in [-0.15, -0.1) is 11.3 Å². The monoisotopic (exact) mass is 654 g/mol. The van der Waals surface area contributed by atoms with Crippen molar-refractivity contribution in [1.82, 2.24) is 20.2 Å². The molecule has 2 aromatic heterocycles. The Kier molecular flexibility index (Phi) is 11.1. The van der Waals surface area contributed by atoms with Gasteiger partial charge in [-0.2, -0.15) is 0 Å². The fourth-order valence-corrected chi connectivity index (χ4v) is 6.81. The van der Waals surface area contributed by atoms with Crippen LogP contribution in [-0.2, 0) is 22.6 Å². The van der Waals surface area contributed by atoms with Gasteiger partial charge in [-0.25, -0.2) is 4.98 Å². The molecule has 2 amide bonds. The molecule has 1 aliphatic rings. The molecule has 0 saturated carbocycles. The maximum atomic E-state index is 12.7. The number of pyridine rings is 1. The van der Waals surface area contributed by atoms with Gasteiger partial charge in [0, 0.05) is 54.7 Å². The van der Waals surface area contributed by atoms with E-state index in [9.17, 15) is 9.59 Å². The molecule has 12 heteroatoms. The highest BCUT2D eigenvalue weighted by atomic mass is 35.5. The molecule has 5 rings (SSSR count). The van der Waals surface area contributed by atoms with Gasteiger partial charge in [0.25, 0.3) is 0 Å². The average molecular weight is 656 g/mol. The highest BCUT2D eigenvalue weighted by Crippen LogP contribution is 2.30. The first-order valence-electron chi connectivity index (χ1n) is 13.9. The quantitative estimate of drug-likeness (QED) is 0.173. The lowest BCUT2D eigenvalue weighted by Crippen LogP contribution is -2.44. The van der Waals surface area contributed by atoms with E-state index in [0.29, 0.717) is 27.9 Å². The Labute approximate surface area is 269 Å². The fraction of sp³-hybridized carbons (Fsp3) is 0.290. The maximum Gasteiger partial charge on any atom is 0.241 e. The first kappa shape index (κ1) is 31.4. The van der Waals surface area contributed by atoms with Crippen molar-refractivity contribution in [2.45, 2.75) is 42.2 Å². The molecule has 3 heterocycles. The molecule has 4 N–H and O–H groups in total. The normalized spacial score (nSPS) is 14.8. The number of thioether (sulfide) groups is 1. The van der Waals surface area contributed by atoms with Gasteiger partial charge in [0.2, 0.25) is 11.8 Å². The van der Waals surface area contributed by atoms with Crippen molar-refractivity contribution in [1.29, 1.82) is 0 Å². The number of nitrogens with zero attached hydrogens (tertiary/aromatic N) is 3. The minimum absolute atomic E-state index is 0.0111. The zero-order chi connectivity index (χ0) is 30.2. The van der Waals surface area contributed by atoms with Gasteiger partial charge in [-0.3, -0.25) is 19.5 Å². The zero-order valence-electron chi connectivity index (χ0n) is 23.3. The molecule has 1 saturated heterocycles. The number of piperidine rings is 1. The SMILES string of the molecule is NC(Cc1cccnc1)C(=O)Nc1cccc(-c2csc(SCC(=O)NC3CCN(Cc4ccc(Cl)c(Cl)c4)CC3)n2)c1. The second kappa shape index (κ2) is 15.1. The van der Waals surface area contributed by atoms with E-state index in [1.807, 2.05) is 60.0 Å². The number of hydrogen-bond acceptors (Lipinski definition) is 8. The molecule has 1 aliphatic heterocycles. The lowest BCUT2D eigenvalue weighted by Gasteiger charge is -2.32. The van der Waals surface area contributed by atoms with E-state index in [1.54, 1.807) is 12.4 Å². The standard InChI is InChI=1S/C31H32Cl2N6O2S2/c32-25-7-6-21(13-26(25)33)17-39-11-8-23(9-12-39)36-29(40)19-43-31-38-28(18-42-31)22-4-1-5-24(15-22)37-30(41)27(34)14-20-3-2-10-35-16-20/h1-7,10,13,15-16,18,23,27H,8-9,11-12,14,17,19,34H2,(H,36,40)(H,37,41). The van der Waals surface area contributed by atoms with Gasteiger partial charge in [0.05, 0.1) is 27.5 Å². The number of rotatable bonds is 11. The molecule has 1 fully saturated rings. The zero-order valence-corrected chi connectivity index (χ0v) is 26.5. The number of nitrogens with one attached hydrogen (secondary N) is 2. The Balaban J connectivity index is 1.05. The Morgan fingerprint density at radius 1 is 1.07 bits per heavy atom. The minimum atomic E-state index is -0.692. The van der Waals surface area contributed by atoms with Crippen molar-refractivity contribution in [2.75, 3.05) is 24.2 Å². The van der Waals surface area contributed by atoms with Gasteiger partial charge in [0.1, 0.15) is 0 Å². The van der Waals surface area contributed by atoms with Crippen molar-refractivity contribution < 1.29 is 9.59 Å². The topological polar surface area (TPSA) is 113 Å². The second-order valence-corrected chi connectivity index (χ2v) is 13.3. The molecule has 4 aromatic rings. The van der Waals surface area contributed by atoms with E-state index >= 15 is 0 Å². The van der Waals surface area contributed by atoms with Crippen LogP contribution < -0.4 is 16.4 Å². The summed E-state index contributed by atoms with van der Waals surface area (Å²) < 4.78 is 0.814. The van der Waals surface area contributed by atoms with Crippen LogP contribution in [0.2, 0.25) is 10.0 Å². The number of halogens is 2. The summed E-state index contributed by atoms with van der Waals surface area (Å²) in [4.78, 5) is 36.5. The smallest absolute Gasteiger partial charge is 0.241 e. The van der Waals surface area contributed by atoms with Gasteiger partial charge in [-0.05, 0) is 60.7 Å². The minimum Gasteiger partial charge on any atom is -0.353 e. The summed E-state index contributed by atoms with van der Waals surface area (Å²) in [6.07, 6.45) is 5.60. The Morgan fingerprint density at radius 3 is 2.67 bits per heavy atom. The highest BCUT2D eigenvalue weighted by Gasteiger charge is 2.21. The van der Waals surface area contributed by atoms with Crippen LogP contribution in [0.25, 0.3) is 11.3 Å². The van der Waals surface area contributed by atoms with E-state index < -0.39 is 6.04 Å². The number of likely N-dealkylation sites (tertiary alicyclic amines) is 1. The van der Waals surface area contributed by atoms with E-state index in [2.05, 4.69) is 20.5 Å². The summed E-state index contributed by atoms with van der Waals surface area (Å²) in [5, 5.41) is 9.16. The Hall–Kier alpha value is -2.99. The van der Waals surface area contributed by atoms with Crippen LogP contribution in [0.5, 0.6) is 0 Å². The number of hydrogen-bond donors (Lipinski definition) is 3. The summed E-state index contributed by atoms with van der Waals surface area (Å²) in [5.74, 6) is 0.0529. The maximum absolute atomic E-state index is 12.7. The third-order valence-corrected chi connectivity index (χ3v) is 9.85. The number of carbonyl (C=O) groups is 2. The molecule has 1 unspecified atom stereocenters. The van der Waals surface area contributed by atoms with Crippen molar-refractivity contribution in [3.63, 3.8) is 0 Å². The van der Waals surface area contributed by atoms with E-state index in [0.717, 1.165) is 59.2 Å². The lowest BCUT2D eigenvalue weighted by atomic mass is 10.0.